The van der Waals surface area contributed by atoms with Crippen LogP contribution in [0.2, 0.25) is 0 Å². The van der Waals surface area contributed by atoms with Gasteiger partial charge in [0.05, 0.1) is 5.69 Å². The van der Waals surface area contributed by atoms with Crippen LogP contribution >= 0.6 is 0 Å². The van der Waals surface area contributed by atoms with E-state index in [0.29, 0.717) is 29.9 Å². The lowest BCUT2D eigenvalue weighted by molar-refractivity contribution is 0.173. The van der Waals surface area contributed by atoms with Crippen LogP contribution in [0.3, 0.4) is 0 Å². The van der Waals surface area contributed by atoms with Crippen molar-refractivity contribution in [2.45, 2.75) is 32.0 Å². The fourth-order valence-corrected chi connectivity index (χ4v) is 2.16. The number of nitrogens with zero attached hydrogens (tertiary/aromatic N) is 1. The molecule has 6 heteroatoms. The molecule has 2 aromatic rings. The van der Waals surface area contributed by atoms with E-state index in [4.69, 9.17) is 18.7 Å². The Hall–Kier alpha value is -2.21. The summed E-state index contributed by atoms with van der Waals surface area (Å²) in [4.78, 5) is 0. The van der Waals surface area contributed by atoms with Crippen LogP contribution in [0.15, 0.2) is 28.8 Å². The molecule has 0 spiro atoms. The summed E-state index contributed by atoms with van der Waals surface area (Å²) in [5, 5.41) is 7.42. The SMILES string of the molecule is c1cc2c(cc1OCc1cc(CNC3CC3)no1)OCO2. The van der Waals surface area contributed by atoms with E-state index in [1.807, 2.05) is 24.3 Å². The number of rotatable bonds is 6. The number of fused-ring (bicyclic) bond motifs is 1. The largest absolute Gasteiger partial charge is 0.485 e. The summed E-state index contributed by atoms with van der Waals surface area (Å²) in [6, 6.07) is 8.08. The normalized spacial score (nSPS) is 16.2. The van der Waals surface area contributed by atoms with Crippen molar-refractivity contribution in [3.05, 3.63) is 35.7 Å². The molecule has 1 aromatic carbocycles. The van der Waals surface area contributed by atoms with E-state index >= 15 is 0 Å². The van der Waals surface area contributed by atoms with Gasteiger partial charge in [-0.25, -0.2) is 0 Å². The van der Waals surface area contributed by atoms with Crippen molar-refractivity contribution >= 4 is 0 Å². The molecule has 0 amide bonds. The summed E-state index contributed by atoms with van der Waals surface area (Å²) in [5.41, 5.74) is 0.909. The van der Waals surface area contributed by atoms with Gasteiger partial charge in [0.2, 0.25) is 6.79 Å². The van der Waals surface area contributed by atoms with E-state index in [0.717, 1.165) is 18.0 Å². The minimum atomic E-state index is 0.262. The quantitative estimate of drug-likeness (QED) is 0.879. The van der Waals surface area contributed by atoms with Gasteiger partial charge in [-0.2, -0.15) is 0 Å². The number of hydrogen-bond donors (Lipinski definition) is 1. The fourth-order valence-electron chi connectivity index (χ4n) is 2.16. The van der Waals surface area contributed by atoms with Crippen LogP contribution in [-0.4, -0.2) is 18.0 Å². The van der Waals surface area contributed by atoms with E-state index in [1.54, 1.807) is 0 Å². The highest BCUT2D eigenvalue weighted by Gasteiger charge is 2.20. The summed E-state index contributed by atoms with van der Waals surface area (Å²) in [5.74, 6) is 2.88. The van der Waals surface area contributed by atoms with Crippen molar-refractivity contribution in [3.8, 4) is 17.2 Å². The van der Waals surface area contributed by atoms with Gasteiger partial charge in [0.25, 0.3) is 0 Å². The Kier molecular flexibility index (Phi) is 3.16. The standard InChI is InChI=1S/C15H16N2O4/c1-2-10(1)16-7-11-5-13(21-17-11)8-18-12-3-4-14-15(6-12)20-9-19-14/h3-6,10,16H,1-2,7-9H2. The minimum Gasteiger partial charge on any atom is -0.485 e. The van der Waals surface area contributed by atoms with E-state index in [2.05, 4.69) is 10.5 Å². The van der Waals surface area contributed by atoms with Gasteiger partial charge in [-0.1, -0.05) is 5.16 Å². The smallest absolute Gasteiger partial charge is 0.231 e. The number of aromatic nitrogens is 1. The van der Waals surface area contributed by atoms with Gasteiger partial charge >= 0.3 is 0 Å². The predicted molar refractivity (Wildman–Crippen MR) is 73.3 cm³/mol. The molecule has 0 bridgehead atoms. The van der Waals surface area contributed by atoms with E-state index in [9.17, 15) is 0 Å². The Morgan fingerprint density at radius 1 is 1.19 bits per heavy atom. The molecule has 2 heterocycles. The first-order valence-electron chi connectivity index (χ1n) is 7.07. The lowest BCUT2D eigenvalue weighted by atomic mass is 10.3. The monoisotopic (exact) mass is 288 g/mol. The summed E-state index contributed by atoms with van der Waals surface area (Å²) < 4.78 is 21.5. The second-order valence-corrected chi connectivity index (χ2v) is 5.24. The molecular weight excluding hydrogens is 272 g/mol. The first kappa shape index (κ1) is 12.5. The zero-order valence-corrected chi connectivity index (χ0v) is 11.5. The second kappa shape index (κ2) is 5.29. The zero-order valence-electron chi connectivity index (χ0n) is 11.5. The Balaban J connectivity index is 1.33. The summed E-state index contributed by atoms with van der Waals surface area (Å²) in [7, 11) is 0. The van der Waals surface area contributed by atoms with E-state index < -0.39 is 0 Å². The van der Waals surface area contributed by atoms with Crippen LogP contribution in [-0.2, 0) is 13.2 Å². The van der Waals surface area contributed by atoms with Crippen molar-refractivity contribution < 1.29 is 18.7 Å². The summed E-state index contributed by atoms with van der Waals surface area (Å²) in [6.45, 7) is 1.35. The van der Waals surface area contributed by atoms with Gasteiger partial charge in [0, 0.05) is 24.7 Å². The Morgan fingerprint density at radius 2 is 2.10 bits per heavy atom. The number of hydrogen-bond acceptors (Lipinski definition) is 6. The zero-order chi connectivity index (χ0) is 14.1. The molecule has 1 aliphatic heterocycles. The molecule has 1 saturated carbocycles. The first-order valence-corrected chi connectivity index (χ1v) is 7.07. The van der Waals surface area contributed by atoms with Gasteiger partial charge in [-0.3, -0.25) is 0 Å². The second-order valence-electron chi connectivity index (χ2n) is 5.24. The Bertz CT molecular complexity index is 636. The van der Waals surface area contributed by atoms with Crippen LogP contribution in [0.5, 0.6) is 17.2 Å². The topological polar surface area (TPSA) is 65.8 Å². The van der Waals surface area contributed by atoms with Crippen molar-refractivity contribution in [2.75, 3.05) is 6.79 Å². The molecule has 2 aliphatic rings. The van der Waals surface area contributed by atoms with Crippen molar-refractivity contribution in [1.82, 2.24) is 10.5 Å². The molecule has 0 unspecified atom stereocenters. The molecule has 21 heavy (non-hydrogen) atoms. The third kappa shape index (κ3) is 2.95. The minimum absolute atomic E-state index is 0.262. The molecular formula is C15H16N2O4. The molecule has 0 atom stereocenters. The van der Waals surface area contributed by atoms with Crippen molar-refractivity contribution in [2.24, 2.45) is 0 Å². The van der Waals surface area contributed by atoms with Gasteiger partial charge < -0.3 is 24.1 Å². The summed E-state index contributed by atoms with van der Waals surface area (Å²) in [6.07, 6.45) is 2.52. The lowest BCUT2D eigenvalue weighted by Crippen LogP contribution is -2.15. The Morgan fingerprint density at radius 3 is 3.00 bits per heavy atom. The third-order valence-electron chi connectivity index (χ3n) is 3.48. The highest BCUT2D eigenvalue weighted by molar-refractivity contribution is 5.46. The molecule has 0 radical (unpaired) electrons. The van der Waals surface area contributed by atoms with E-state index in [1.165, 1.54) is 12.8 Å². The molecule has 1 N–H and O–H groups in total. The predicted octanol–water partition coefficient (Wildman–Crippen LogP) is 2.23. The maximum absolute atomic E-state index is 5.68. The lowest BCUT2D eigenvalue weighted by Gasteiger charge is -2.04. The van der Waals surface area contributed by atoms with E-state index in [-0.39, 0.29) is 6.79 Å². The van der Waals surface area contributed by atoms with Gasteiger partial charge in [0.1, 0.15) is 12.4 Å². The van der Waals surface area contributed by atoms with Gasteiger partial charge in [-0.15, -0.1) is 0 Å². The Labute approximate surface area is 122 Å². The van der Waals surface area contributed by atoms with Crippen LogP contribution < -0.4 is 19.5 Å². The molecule has 0 saturated heterocycles. The average Bonchev–Trinajstić information content (AvgIpc) is 3.04. The molecule has 4 rings (SSSR count). The van der Waals surface area contributed by atoms with Crippen molar-refractivity contribution in [3.63, 3.8) is 0 Å². The van der Waals surface area contributed by atoms with Crippen molar-refractivity contribution in [1.29, 1.82) is 0 Å². The van der Waals surface area contributed by atoms with Crippen LogP contribution in [0.4, 0.5) is 0 Å². The maximum atomic E-state index is 5.68. The number of ether oxygens (including phenoxy) is 3. The van der Waals surface area contributed by atoms with Gasteiger partial charge in [0.15, 0.2) is 17.3 Å². The molecule has 110 valence electrons. The number of nitrogens with one attached hydrogen (secondary N) is 1. The van der Waals surface area contributed by atoms with Crippen LogP contribution in [0.25, 0.3) is 0 Å². The third-order valence-corrected chi connectivity index (χ3v) is 3.48. The highest BCUT2D eigenvalue weighted by Crippen LogP contribution is 2.35. The molecule has 6 nitrogen and oxygen atoms in total. The molecule has 1 fully saturated rings. The van der Waals surface area contributed by atoms with Gasteiger partial charge in [-0.05, 0) is 25.0 Å². The molecule has 1 aliphatic carbocycles. The average molecular weight is 288 g/mol. The molecule has 1 aromatic heterocycles. The number of benzene rings is 1. The fraction of sp³-hybridized carbons (Fsp3) is 0.400. The van der Waals surface area contributed by atoms with Crippen LogP contribution in [0.1, 0.15) is 24.3 Å². The highest BCUT2D eigenvalue weighted by atomic mass is 16.7. The summed E-state index contributed by atoms with van der Waals surface area (Å²) >= 11 is 0. The first-order chi connectivity index (χ1) is 10.4. The van der Waals surface area contributed by atoms with Crippen LogP contribution in [0, 0.1) is 0 Å². The maximum Gasteiger partial charge on any atom is 0.231 e.